The minimum Gasteiger partial charge on any atom is -0.0622 e. The molecule has 0 saturated heterocycles. The third kappa shape index (κ3) is 5.22. The van der Waals surface area contributed by atoms with Gasteiger partial charge in [-0.1, -0.05) is 158 Å². The number of hydrogen-bond acceptors (Lipinski definition) is 0. The normalized spacial score (nSPS) is 22.6. The first-order valence-corrected chi connectivity index (χ1v) is 22.1. The van der Waals surface area contributed by atoms with Crippen LogP contribution in [0.3, 0.4) is 0 Å². The predicted molar refractivity (Wildman–Crippen MR) is 249 cm³/mol. The van der Waals surface area contributed by atoms with Gasteiger partial charge < -0.3 is 0 Å². The molecule has 0 amide bonds. The molecular formula is C59H46. The lowest BCUT2D eigenvalue weighted by molar-refractivity contribution is -0.0424. The van der Waals surface area contributed by atoms with E-state index in [0.717, 1.165) is 29.6 Å². The summed E-state index contributed by atoms with van der Waals surface area (Å²) in [7, 11) is 0. The fourth-order valence-electron chi connectivity index (χ4n) is 13.3. The van der Waals surface area contributed by atoms with Crippen molar-refractivity contribution in [2.24, 2.45) is 29.6 Å². The van der Waals surface area contributed by atoms with E-state index in [1.807, 2.05) is 0 Å². The van der Waals surface area contributed by atoms with E-state index in [1.54, 1.807) is 11.1 Å². The highest BCUT2D eigenvalue weighted by Gasteiger charge is 2.52. The van der Waals surface area contributed by atoms with Gasteiger partial charge in [-0.2, -0.15) is 0 Å². The van der Waals surface area contributed by atoms with Crippen LogP contribution in [0.5, 0.6) is 0 Å². The number of hydrogen-bond donors (Lipinski definition) is 0. The minimum atomic E-state index is 0.486. The SMILES string of the molecule is c1ccc(-c2cc(-c3ccccc3)cc(-c3c4ccccc4c(-c4ccc5c(c4)-c4c(ccc6ccccc46)C5C4C5CC6CC(C5)CC4C6)c4ccccc34)c2)cc1. The Morgan fingerprint density at radius 3 is 1.36 bits per heavy atom. The van der Waals surface area contributed by atoms with Gasteiger partial charge in [0.05, 0.1) is 0 Å². The minimum absolute atomic E-state index is 0.486. The highest BCUT2D eigenvalue weighted by molar-refractivity contribution is 6.22. The van der Waals surface area contributed by atoms with Crippen molar-refractivity contribution in [3.63, 3.8) is 0 Å². The lowest BCUT2D eigenvalue weighted by Gasteiger charge is -2.56. The van der Waals surface area contributed by atoms with E-state index in [9.17, 15) is 0 Å². The second kappa shape index (κ2) is 13.1. The highest BCUT2D eigenvalue weighted by atomic mass is 14.6. The summed E-state index contributed by atoms with van der Waals surface area (Å²) >= 11 is 0. The van der Waals surface area contributed by atoms with Crippen molar-refractivity contribution in [2.75, 3.05) is 0 Å². The molecule has 0 radical (unpaired) electrons. The van der Waals surface area contributed by atoms with E-state index in [-0.39, 0.29) is 0 Å². The molecule has 1 unspecified atom stereocenters. The zero-order chi connectivity index (χ0) is 38.6. The summed E-state index contributed by atoms with van der Waals surface area (Å²) in [4.78, 5) is 0. The van der Waals surface area contributed by atoms with Gasteiger partial charge in [0.1, 0.15) is 0 Å². The Kier molecular flexibility index (Phi) is 7.50. The molecule has 5 aliphatic carbocycles. The molecule has 0 heterocycles. The quantitative estimate of drug-likeness (QED) is 0.154. The van der Waals surface area contributed by atoms with Gasteiger partial charge in [0.25, 0.3) is 0 Å². The summed E-state index contributed by atoms with van der Waals surface area (Å²) in [6, 6.07) is 69.0. The average molecular weight is 755 g/mol. The monoisotopic (exact) mass is 754 g/mol. The molecule has 0 N–H and O–H groups in total. The Balaban J connectivity index is 1.04. The second-order valence-corrected chi connectivity index (χ2v) is 18.4. The van der Waals surface area contributed by atoms with Crippen molar-refractivity contribution >= 4 is 32.3 Å². The van der Waals surface area contributed by atoms with Crippen molar-refractivity contribution in [1.29, 1.82) is 0 Å². The topological polar surface area (TPSA) is 0 Å². The second-order valence-electron chi connectivity index (χ2n) is 18.4. The van der Waals surface area contributed by atoms with Crippen LogP contribution in [0.25, 0.3) is 88.0 Å². The molecule has 9 aromatic carbocycles. The Labute approximate surface area is 347 Å². The first kappa shape index (κ1) is 33.7. The maximum absolute atomic E-state index is 2.61. The summed E-state index contributed by atoms with van der Waals surface area (Å²) in [5.74, 6) is 4.92. The van der Waals surface area contributed by atoms with Crippen LogP contribution in [0.15, 0.2) is 182 Å². The average Bonchev–Trinajstić information content (AvgIpc) is 3.62. The van der Waals surface area contributed by atoms with Gasteiger partial charge in [0, 0.05) is 5.92 Å². The third-order valence-corrected chi connectivity index (χ3v) is 15.3. The summed E-state index contributed by atoms with van der Waals surface area (Å²) in [5.41, 5.74) is 16.3. The zero-order valence-corrected chi connectivity index (χ0v) is 33.3. The zero-order valence-electron chi connectivity index (χ0n) is 33.3. The van der Waals surface area contributed by atoms with Gasteiger partial charge in [0.2, 0.25) is 0 Å². The van der Waals surface area contributed by atoms with Gasteiger partial charge >= 0.3 is 0 Å². The molecular weight excluding hydrogens is 709 g/mol. The number of fused-ring (bicyclic) bond motifs is 7. The van der Waals surface area contributed by atoms with Crippen LogP contribution in [-0.2, 0) is 0 Å². The maximum Gasteiger partial charge on any atom is 0.0135 e. The molecule has 4 fully saturated rings. The Bertz CT molecular complexity index is 2970. The molecule has 282 valence electrons. The molecule has 14 rings (SSSR count). The molecule has 4 bridgehead atoms. The molecule has 0 heteroatoms. The Morgan fingerprint density at radius 2 is 0.780 bits per heavy atom. The van der Waals surface area contributed by atoms with Gasteiger partial charge in [-0.25, -0.2) is 0 Å². The van der Waals surface area contributed by atoms with Crippen LogP contribution >= 0.6 is 0 Å². The van der Waals surface area contributed by atoms with Gasteiger partial charge in [-0.05, 0) is 185 Å². The number of benzene rings is 9. The van der Waals surface area contributed by atoms with E-state index < -0.39 is 0 Å². The summed E-state index contributed by atoms with van der Waals surface area (Å²) in [6.07, 6.45) is 7.32. The fourth-order valence-corrected chi connectivity index (χ4v) is 13.3. The van der Waals surface area contributed by atoms with Crippen LogP contribution in [0.2, 0.25) is 0 Å². The van der Waals surface area contributed by atoms with Crippen LogP contribution < -0.4 is 0 Å². The summed E-state index contributed by atoms with van der Waals surface area (Å²) < 4.78 is 0. The van der Waals surface area contributed by atoms with Gasteiger partial charge in [-0.15, -0.1) is 0 Å². The van der Waals surface area contributed by atoms with Crippen molar-refractivity contribution in [1.82, 2.24) is 0 Å². The van der Waals surface area contributed by atoms with Crippen molar-refractivity contribution in [3.8, 4) is 55.6 Å². The molecule has 1 atom stereocenters. The van der Waals surface area contributed by atoms with Crippen LogP contribution in [0, 0.1) is 29.6 Å². The summed E-state index contributed by atoms with van der Waals surface area (Å²) in [6.45, 7) is 0. The van der Waals surface area contributed by atoms with Crippen molar-refractivity contribution in [2.45, 2.75) is 38.0 Å². The molecule has 59 heavy (non-hydrogen) atoms. The van der Waals surface area contributed by atoms with Gasteiger partial charge in [0.15, 0.2) is 0 Å². The molecule has 0 aromatic heterocycles. The lowest BCUT2D eigenvalue weighted by atomic mass is 9.49. The molecule has 0 aliphatic heterocycles. The van der Waals surface area contributed by atoms with E-state index in [4.69, 9.17) is 0 Å². The predicted octanol–water partition coefficient (Wildman–Crippen LogP) is 16.0. The molecule has 5 aliphatic rings. The number of rotatable bonds is 5. The van der Waals surface area contributed by atoms with Crippen LogP contribution in [0.1, 0.15) is 49.1 Å². The largest absolute Gasteiger partial charge is 0.0622 e. The van der Waals surface area contributed by atoms with Gasteiger partial charge in [-0.3, -0.25) is 0 Å². The lowest BCUT2D eigenvalue weighted by Crippen LogP contribution is -2.47. The third-order valence-electron chi connectivity index (χ3n) is 15.3. The smallest absolute Gasteiger partial charge is 0.0135 e. The van der Waals surface area contributed by atoms with Crippen LogP contribution in [-0.4, -0.2) is 0 Å². The van der Waals surface area contributed by atoms with Crippen molar-refractivity contribution in [3.05, 3.63) is 193 Å². The van der Waals surface area contributed by atoms with E-state index in [1.165, 1.54) is 120 Å². The fraction of sp³-hybridized carbons (Fsp3) is 0.186. The first-order valence-electron chi connectivity index (χ1n) is 22.1. The van der Waals surface area contributed by atoms with Crippen molar-refractivity contribution < 1.29 is 0 Å². The standard InChI is InChI=1S/C59H46/c1-3-13-38(14-4-1)42-32-43(39-15-5-2-6-16-39)34-46(33-42)57-50-21-11-9-19-48(50)56(49-20-10-12-22-51(49)57)41-24-25-52-54(35-41)58-47-18-8-7-17-40(47)23-26-53(58)59(52)55-44-28-36-27-37(30-44)31-45(55)29-36/h1-26,32-37,44-45,55,59H,27-31H2. The first-order chi connectivity index (χ1) is 29.2. The molecule has 9 aromatic rings. The molecule has 0 nitrogen and oxygen atoms in total. The maximum atomic E-state index is 2.61. The molecule has 0 spiro atoms. The summed E-state index contributed by atoms with van der Waals surface area (Å²) in [5, 5.41) is 7.96. The molecule has 4 saturated carbocycles. The van der Waals surface area contributed by atoms with E-state index in [0.29, 0.717) is 5.92 Å². The highest BCUT2D eigenvalue weighted by Crippen LogP contribution is 2.64. The Hall–Kier alpha value is -6.24. The van der Waals surface area contributed by atoms with Crippen LogP contribution in [0.4, 0.5) is 0 Å². The Morgan fingerprint density at radius 1 is 0.305 bits per heavy atom. The van der Waals surface area contributed by atoms with E-state index >= 15 is 0 Å². The van der Waals surface area contributed by atoms with E-state index in [2.05, 4.69) is 182 Å².